The zero-order chi connectivity index (χ0) is 13.7. The summed E-state index contributed by atoms with van der Waals surface area (Å²) in [5, 5.41) is 1.11. The number of hydrogen-bond donors (Lipinski definition) is 1. The van der Waals surface area contributed by atoms with Crippen LogP contribution in [0.5, 0.6) is 0 Å². The first-order valence-electron chi connectivity index (χ1n) is 5.38. The summed E-state index contributed by atoms with van der Waals surface area (Å²) < 4.78 is 0. The Labute approximate surface area is 116 Å². The number of rotatable bonds is 5. The smallest absolute Gasteiger partial charge is 0.237 e. The van der Waals surface area contributed by atoms with Crippen molar-refractivity contribution in [3.05, 3.63) is 33.8 Å². The van der Waals surface area contributed by atoms with Crippen LogP contribution in [0.25, 0.3) is 0 Å². The second kappa shape index (κ2) is 6.61. The number of halogens is 2. The normalized spacial score (nSPS) is 10.2. The maximum Gasteiger partial charge on any atom is 0.237 e. The van der Waals surface area contributed by atoms with E-state index in [2.05, 4.69) is 0 Å². The molecular weight excluding hydrogens is 275 g/mol. The largest absolute Gasteiger partial charge is 0.368 e. The lowest BCUT2D eigenvalue weighted by Crippen LogP contribution is -2.38. The van der Waals surface area contributed by atoms with E-state index in [1.807, 2.05) is 0 Å². The van der Waals surface area contributed by atoms with Gasteiger partial charge in [-0.15, -0.1) is 0 Å². The van der Waals surface area contributed by atoms with E-state index >= 15 is 0 Å². The summed E-state index contributed by atoms with van der Waals surface area (Å²) in [6.45, 7) is 1.70. The molecule has 0 heterocycles. The molecule has 98 valence electrons. The van der Waals surface area contributed by atoms with Crippen LogP contribution >= 0.6 is 23.2 Å². The Morgan fingerprint density at radius 3 is 2.50 bits per heavy atom. The van der Waals surface area contributed by atoms with Gasteiger partial charge in [0.25, 0.3) is 0 Å². The molecule has 0 aliphatic rings. The molecule has 0 spiro atoms. The fraction of sp³-hybridized carbons (Fsp3) is 0.333. The molecule has 1 aromatic rings. The Hall–Kier alpha value is -1.26. The second-order valence-electron chi connectivity index (χ2n) is 3.89. The van der Waals surface area contributed by atoms with Crippen molar-refractivity contribution in [2.45, 2.75) is 13.3 Å². The van der Waals surface area contributed by atoms with E-state index in [0.29, 0.717) is 23.0 Å². The minimum absolute atomic E-state index is 0.0828. The lowest BCUT2D eigenvalue weighted by Gasteiger charge is -2.19. The molecule has 1 aromatic carbocycles. The molecule has 2 N–H and O–H groups in total. The van der Waals surface area contributed by atoms with E-state index in [4.69, 9.17) is 28.9 Å². The van der Waals surface area contributed by atoms with Crippen LogP contribution in [0.15, 0.2) is 18.2 Å². The summed E-state index contributed by atoms with van der Waals surface area (Å²) in [5.74, 6) is -0.730. The van der Waals surface area contributed by atoms with Crippen molar-refractivity contribution < 1.29 is 9.59 Å². The fourth-order valence-corrected chi connectivity index (χ4v) is 2.02. The number of nitrogens with two attached hydrogens (primary N) is 1. The molecule has 0 radical (unpaired) electrons. The summed E-state index contributed by atoms with van der Waals surface area (Å²) in [6, 6.07) is 5.17. The van der Waals surface area contributed by atoms with Gasteiger partial charge in [0, 0.05) is 23.5 Å². The van der Waals surface area contributed by atoms with Gasteiger partial charge in [0.1, 0.15) is 0 Å². The Morgan fingerprint density at radius 2 is 2.00 bits per heavy atom. The maximum absolute atomic E-state index is 11.3. The van der Waals surface area contributed by atoms with Crippen LogP contribution in [0.4, 0.5) is 0 Å². The zero-order valence-corrected chi connectivity index (χ0v) is 11.5. The quantitative estimate of drug-likeness (QED) is 0.899. The SMILES string of the molecule is CC(=O)N(CCc1ccc(Cl)cc1Cl)CC(N)=O. The third-order valence-corrected chi connectivity index (χ3v) is 3.05. The van der Waals surface area contributed by atoms with Crippen molar-refractivity contribution in [1.82, 2.24) is 4.90 Å². The van der Waals surface area contributed by atoms with E-state index in [1.165, 1.54) is 11.8 Å². The van der Waals surface area contributed by atoms with Gasteiger partial charge in [0.05, 0.1) is 6.54 Å². The number of amides is 2. The van der Waals surface area contributed by atoms with Crippen LogP contribution in [-0.4, -0.2) is 29.8 Å². The summed E-state index contributed by atoms with van der Waals surface area (Å²) in [6.07, 6.45) is 0.545. The van der Waals surface area contributed by atoms with Crippen molar-refractivity contribution in [2.75, 3.05) is 13.1 Å². The molecule has 18 heavy (non-hydrogen) atoms. The molecule has 0 aliphatic carbocycles. The van der Waals surface area contributed by atoms with Gasteiger partial charge in [0.15, 0.2) is 0 Å². The molecule has 0 unspecified atom stereocenters. The minimum atomic E-state index is -0.535. The number of carbonyl (C=O) groups is 2. The summed E-state index contributed by atoms with van der Waals surface area (Å²) in [4.78, 5) is 23.5. The van der Waals surface area contributed by atoms with Gasteiger partial charge in [0.2, 0.25) is 11.8 Å². The molecule has 4 nitrogen and oxygen atoms in total. The van der Waals surface area contributed by atoms with Crippen LogP contribution in [0, 0.1) is 0 Å². The number of benzene rings is 1. The minimum Gasteiger partial charge on any atom is -0.368 e. The van der Waals surface area contributed by atoms with Gasteiger partial charge >= 0.3 is 0 Å². The van der Waals surface area contributed by atoms with Crippen molar-refractivity contribution >= 4 is 35.0 Å². The number of hydrogen-bond acceptors (Lipinski definition) is 2. The first kappa shape index (κ1) is 14.8. The second-order valence-corrected chi connectivity index (χ2v) is 4.74. The Balaban J connectivity index is 2.66. The topological polar surface area (TPSA) is 63.4 Å². The fourth-order valence-electron chi connectivity index (χ4n) is 1.52. The first-order chi connectivity index (χ1) is 8.40. The van der Waals surface area contributed by atoms with Crippen LogP contribution in [0.1, 0.15) is 12.5 Å². The van der Waals surface area contributed by atoms with Crippen LogP contribution in [-0.2, 0) is 16.0 Å². The summed E-state index contributed by atoms with van der Waals surface area (Å²) in [7, 11) is 0. The summed E-state index contributed by atoms with van der Waals surface area (Å²) >= 11 is 11.8. The lowest BCUT2D eigenvalue weighted by atomic mass is 10.1. The molecular formula is C12H14Cl2N2O2. The molecule has 0 saturated carbocycles. The highest BCUT2D eigenvalue weighted by atomic mass is 35.5. The predicted octanol–water partition coefficient (Wildman–Crippen LogP) is 1.87. The van der Waals surface area contributed by atoms with Gasteiger partial charge in [-0.1, -0.05) is 29.3 Å². The highest BCUT2D eigenvalue weighted by Gasteiger charge is 2.12. The van der Waals surface area contributed by atoms with E-state index in [-0.39, 0.29) is 12.5 Å². The van der Waals surface area contributed by atoms with Gasteiger partial charge in [-0.05, 0) is 24.1 Å². The lowest BCUT2D eigenvalue weighted by molar-refractivity contribution is -0.133. The Morgan fingerprint density at radius 1 is 1.33 bits per heavy atom. The number of primary amides is 1. The standard InChI is InChI=1S/C12H14Cl2N2O2/c1-8(17)16(7-12(15)18)5-4-9-2-3-10(13)6-11(9)14/h2-3,6H,4-5,7H2,1H3,(H2,15,18). The molecule has 0 bridgehead atoms. The number of carbonyl (C=O) groups excluding carboxylic acids is 2. The highest BCUT2D eigenvalue weighted by Crippen LogP contribution is 2.21. The molecule has 0 aliphatic heterocycles. The molecule has 0 atom stereocenters. The van der Waals surface area contributed by atoms with Crippen molar-refractivity contribution in [3.8, 4) is 0 Å². The van der Waals surface area contributed by atoms with E-state index in [9.17, 15) is 9.59 Å². The zero-order valence-electron chi connectivity index (χ0n) is 9.95. The van der Waals surface area contributed by atoms with Crippen LogP contribution < -0.4 is 5.73 Å². The molecule has 2 amide bonds. The molecule has 6 heteroatoms. The number of nitrogens with zero attached hydrogens (tertiary/aromatic N) is 1. The monoisotopic (exact) mass is 288 g/mol. The average Bonchev–Trinajstić information content (AvgIpc) is 2.25. The van der Waals surface area contributed by atoms with Crippen molar-refractivity contribution in [1.29, 1.82) is 0 Å². The Bertz CT molecular complexity index is 463. The van der Waals surface area contributed by atoms with Gasteiger partial charge < -0.3 is 10.6 Å². The summed E-state index contributed by atoms with van der Waals surface area (Å²) in [5.41, 5.74) is 5.95. The molecule has 0 saturated heterocycles. The average molecular weight is 289 g/mol. The maximum atomic E-state index is 11.3. The first-order valence-corrected chi connectivity index (χ1v) is 6.13. The Kier molecular flexibility index (Phi) is 5.44. The van der Waals surface area contributed by atoms with Gasteiger partial charge in [-0.25, -0.2) is 0 Å². The van der Waals surface area contributed by atoms with Crippen LogP contribution in [0.2, 0.25) is 10.0 Å². The van der Waals surface area contributed by atoms with Crippen molar-refractivity contribution in [2.24, 2.45) is 5.73 Å². The van der Waals surface area contributed by atoms with E-state index < -0.39 is 5.91 Å². The van der Waals surface area contributed by atoms with Crippen molar-refractivity contribution in [3.63, 3.8) is 0 Å². The third-order valence-electron chi connectivity index (χ3n) is 2.46. The third kappa shape index (κ3) is 4.55. The molecule has 0 fully saturated rings. The highest BCUT2D eigenvalue weighted by molar-refractivity contribution is 6.35. The van der Waals surface area contributed by atoms with Crippen LogP contribution in [0.3, 0.4) is 0 Å². The van der Waals surface area contributed by atoms with Gasteiger partial charge in [-0.3, -0.25) is 9.59 Å². The van der Waals surface area contributed by atoms with Gasteiger partial charge in [-0.2, -0.15) is 0 Å². The van der Waals surface area contributed by atoms with E-state index in [0.717, 1.165) is 5.56 Å². The van der Waals surface area contributed by atoms with E-state index in [1.54, 1.807) is 18.2 Å². The molecule has 1 rings (SSSR count). The predicted molar refractivity (Wildman–Crippen MR) is 71.6 cm³/mol. The molecule has 0 aromatic heterocycles.